The van der Waals surface area contributed by atoms with Gasteiger partial charge < -0.3 is 69.8 Å². The highest BCUT2D eigenvalue weighted by Crippen LogP contribution is 2.26. The van der Waals surface area contributed by atoms with Crippen LogP contribution in [0.25, 0.3) is 10.9 Å². The minimum absolute atomic E-state index is 0.0837. The molecule has 1 fully saturated rings. The number of hydrogen-bond donors (Lipinski definition) is 14. The molecule has 0 spiro atoms. The third-order valence-corrected chi connectivity index (χ3v) is 12.7. The molecule has 9 amide bonds. The van der Waals surface area contributed by atoms with Gasteiger partial charge in [0.15, 0.2) is 0 Å². The maximum absolute atomic E-state index is 14.2. The summed E-state index contributed by atoms with van der Waals surface area (Å²) in [6.07, 6.45) is 6.57. The molecule has 1 aromatic heterocycles. The molecule has 1 aliphatic rings. The molecule has 10 atom stereocenters. The van der Waals surface area contributed by atoms with E-state index in [2.05, 4.69) is 60.1 Å². The number of para-hydroxylation sites is 1. The van der Waals surface area contributed by atoms with Crippen molar-refractivity contribution >= 4 is 76.7 Å². The Kier molecular flexibility index (Phi) is 23.9. The SMILES string of the molecule is CC[C@H](C)[C@H](NC(=O)[C@@H](Cc1c[nH]c2ccccc12)NC(=O)CC1CCCCC1)C(=O)N[C@H](C(=O)N[C@@H](CN)C(=O)N[C@@H](C)C(=O)N[C@@H](C)C(=O)N[C@@H](CCCN)C(=O)N[C@@H](CS)C(N)=O)[C@@H](C)O. The Bertz CT molecular complexity index is 2080. The molecule has 69 heavy (non-hydrogen) atoms. The number of nitrogens with two attached hydrogens (primary N) is 3. The van der Waals surface area contributed by atoms with Crippen LogP contribution in [0.2, 0.25) is 0 Å². The number of nitrogens with one attached hydrogen (secondary N) is 9. The molecule has 0 saturated heterocycles. The number of aromatic amines is 1. The maximum Gasteiger partial charge on any atom is 0.245 e. The molecular weight excluding hydrogens is 913 g/mol. The van der Waals surface area contributed by atoms with Crippen molar-refractivity contribution in [3.63, 3.8) is 0 Å². The molecular formula is C46H74N12O10S. The van der Waals surface area contributed by atoms with E-state index in [1.165, 1.54) is 20.8 Å². The van der Waals surface area contributed by atoms with E-state index >= 15 is 0 Å². The van der Waals surface area contributed by atoms with E-state index in [1.807, 2.05) is 31.2 Å². The zero-order valence-corrected chi connectivity index (χ0v) is 41.1. The van der Waals surface area contributed by atoms with E-state index < -0.39 is 114 Å². The second-order valence-corrected chi connectivity index (χ2v) is 18.3. The lowest BCUT2D eigenvalue weighted by molar-refractivity contribution is -0.137. The molecule has 1 aromatic carbocycles. The van der Waals surface area contributed by atoms with Gasteiger partial charge in [0.05, 0.1) is 6.10 Å². The maximum atomic E-state index is 14.2. The van der Waals surface area contributed by atoms with Crippen LogP contribution in [0.1, 0.15) is 98.0 Å². The second-order valence-electron chi connectivity index (χ2n) is 17.9. The number of aromatic nitrogens is 1. The molecule has 1 heterocycles. The normalized spacial score (nSPS) is 17.2. The summed E-state index contributed by atoms with van der Waals surface area (Å²) in [5, 5.41) is 32.0. The van der Waals surface area contributed by atoms with Crippen LogP contribution >= 0.6 is 12.6 Å². The van der Waals surface area contributed by atoms with Crippen LogP contribution in [0.3, 0.4) is 0 Å². The first kappa shape index (κ1) is 57.5. The van der Waals surface area contributed by atoms with Gasteiger partial charge in [-0.3, -0.25) is 43.2 Å². The lowest BCUT2D eigenvalue weighted by Gasteiger charge is -2.30. The highest BCUT2D eigenvalue weighted by atomic mass is 32.1. The lowest BCUT2D eigenvalue weighted by atomic mass is 9.86. The van der Waals surface area contributed by atoms with Crippen LogP contribution in [-0.4, -0.2) is 137 Å². The molecule has 2 aromatic rings. The van der Waals surface area contributed by atoms with E-state index in [-0.39, 0.29) is 43.4 Å². The molecule has 0 aliphatic heterocycles. The Hall–Kier alpha value is -5.78. The van der Waals surface area contributed by atoms with Crippen LogP contribution in [0.4, 0.5) is 0 Å². The molecule has 1 saturated carbocycles. The van der Waals surface area contributed by atoms with E-state index in [0.717, 1.165) is 48.6 Å². The van der Waals surface area contributed by atoms with Crippen LogP contribution in [0, 0.1) is 11.8 Å². The smallest absolute Gasteiger partial charge is 0.245 e. The molecule has 1 aliphatic carbocycles. The van der Waals surface area contributed by atoms with Crippen molar-refractivity contribution < 1.29 is 48.3 Å². The molecule has 0 bridgehead atoms. The average Bonchev–Trinajstić information content (AvgIpc) is 3.73. The number of amides is 9. The zero-order valence-electron chi connectivity index (χ0n) is 40.2. The minimum Gasteiger partial charge on any atom is -0.391 e. The van der Waals surface area contributed by atoms with Gasteiger partial charge in [0.25, 0.3) is 0 Å². The largest absolute Gasteiger partial charge is 0.391 e. The first-order valence-electron chi connectivity index (χ1n) is 23.7. The van der Waals surface area contributed by atoms with Gasteiger partial charge in [-0.1, -0.05) is 57.7 Å². The molecule has 0 radical (unpaired) electrons. The van der Waals surface area contributed by atoms with Crippen molar-refractivity contribution in [2.75, 3.05) is 18.8 Å². The van der Waals surface area contributed by atoms with E-state index in [9.17, 15) is 48.3 Å². The minimum atomic E-state index is -1.64. The average molecular weight is 987 g/mol. The van der Waals surface area contributed by atoms with Crippen molar-refractivity contribution in [1.29, 1.82) is 0 Å². The van der Waals surface area contributed by atoms with Crippen molar-refractivity contribution in [1.82, 2.24) is 47.5 Å². The van der Waals surface area contributed by atoms with Crippen molar-refractivity contribution in [2.24, 2.45) is 29.0 Å². The van der Waals surface area contributed by atoms with Crippen molar-refractivity contribution in [3.05, 3.63) is 36.0 Å². The van der Waals surface area contributed by atoms with Gasteiger partial charge in [0, 0.05) is 42.2 Å². The van der Waals surface area contributed by atoms with Gasteiger partial charge in [0.2, 0.25) is 53.2 Å². The number of aliphatic hydroxyl groups excluding tert-OH is 1. The lowest BCUT2D eigenvalue weighted by Crippen LogP contribution is -2.63. The van der Waals surface area contributed by atoms with Gasteiger partial charge in [0.1, 0.15) is 48.3 Å². The third-order valence-electron chi connectivity index (χ3n) is 12.4. The Morgan fingerprint density at radius 2 is 1.25 bits per heavy atom. The molecule has 22 nitrogen and oxygen atoms in total. The summed E-state index contributed by atoms with van der Waals surface area (Å²) in [5.74, 6) is -7.11. The summed E-state index contributed by atoms with van der Waals surface area (Å²) in [7, 11) is 0. The number of fused-ring (bicyclic) bond motifs is 1. The van der Waals surface area contributed by atoms with E-state index in [1.54, 1.807) is 13.1 Å². The third kappa shape index (κ3) is 17.9. The van der Waals surface area contributed by atoms with Crippen LogP contribution in [-0.2, 0) is 49.6 Å². The fourth-order valence-electron chi connectivity index (χ4n) is 7.88. The van der Waals surface area contributed by atoms with Gasteiger partial charge in [-0.05, 0) is 76.5 Å². The monoisotopic (exact) mass is 987 g/mol. The summed E-state index contributed by atoms with van der Waals surface area (Å²) in [6.45, 7) is 7.15. The fourth-order valence-corrected chi connectivity index (χ4v) is 8.15. The molecule has 384 valence electrons. The summed E-state index contributed by atoms with van der Waals surface area (Å²) in [6, 6.07) is -2.60. The zero-order chi connectivity index (χ0) is 51.4. The number of carbonyl (C=O) groups is 9. The Morgan fingerprint density at radius 1 is 0.696 bits per heavy atom. The summed E-state index contributed by atoms with van der Waals surface area (Å²) >= 11 is 4.01. The van der Waals surface area contributed by atoms with Gasteiger partial charge in [-0.2, -0.15) is 12.6 Å². The van der Waals surface area contributed by atoms with Crippen molar-refractivity contribution in [3.8, 4) is 0 Å². The molecule has 16 N–H and O–H groups in total. The van der Waals surface area contributed by atoms with Crippen LogP contribution < -0.4 is 59.7 Å². The first-order chi connectivity index (χ1) is 32.7. The number of benzene rings is 1. The standard InChI is InChI=1S/C46H74N12O10S/c1-6-24(2)37(57-43(65)33(53-36(60)19-28-13-8-7-9-14-28)20-29-22-50-31-16-11-10-15-30(29)31)45(67)58-38(27(5)59)46(68)55-34(21-48)44(66)52-25(3)40(62)51-26(4)41(63)54-32(17-12-18-47)42(64)56-35(23-69)39(49)61/h10-11,15-16,22,24-28,32-35,37-38,50,59,69H,6-9,12-14,17-21,23,47-48H2,1-5H3,(H2,49,61)(H,51,62)(H,52,66)(H,53,60)(H,54,63)(H,55,68)(H,56,64)(H,57,65)(H,58,67)/t24-,25-,26-,27+,32-,33+,34-,35-,37-,38-/m0/s1. The van der Waals surface area contributed by atoms with Crippen LogP contribution in [0.5, 0.6) is 0 Å². The Labute approximate surface area is 408 Å². The number of carbonyl (C=O) groups excluding carboxylic acids is 9. The molecule has 23 heteroatoms. The number of aliphatic hydroxyl groups is 1. The number of rotatable bonds is 28. The van der Waals surface area contributed by atoms with Crippen molar-refractivity contribution in [2.45, 2.75) is 153 Å². The van der Waals surface area contributed by atoms with E-state index in [0.29, 0.717) is 12.8 Å². The number of H-pyrrole nitrogens is 1. The fraction of sp³-hybridized carbons (Fsp3) is 0.630. The van der Waals surface area contributed by atoms with E-state index in [4.69, 9.17) is 17.2 Å². The highest BCUT2D eigenvalue weighted by molar-refractivity contribution is 7.80. The second kappa shape index (κ2) is 28.6. The Balaban J connectivity index is 1.68. The van der Waals surface area contributed by atoms with Gasteiger partial charge in [-0.25, -0.2) is 0 Å². The number of primary amides is 1. The number of thiol groups is 1. The first-order valence-corrected chi connectivity index (χ1v) is 24.3. The highest BCUT2D eigenvalue weighted by Gasteiger charge is 2.36. The number of hydrogen-bond acceptors (Lipinski definition) is 13. The molecule has 0 unspecified atom stereocenters. The summed E-state index contributed by atoms with van der Waals surface area (Å²) in [4.78, 5) is 122. The summed E-state index contributed by atoms with van der Waals surface area (Å²) < 4.78 is 0. The predicted molar refractivity (Wildman–Crippen MR) is 262 cm³/mol. The topological polar surface area (TPSA) is 364 Å². The van der Waals surface area contributed by atoms with Crippen LogP contribution in [0.15, 0.2) is 30.5 Å². The summed E-state index contributed by atoms with van der Waals surface area (Å²) in [5.41, 5.74) is 18.4. The van der Waals surface area contributed by atoms with Gasteiger partial charge >= 0.3 is 0 Å². The van der Waals surface area contributed by atoms with Gasteiger partial charge in [-0.15, -0.1) is 0 Å². The Morgan fingerprint density at radius 3 is 1.84 bits per heavy atom. The molecule has 3 rings (SSSR count). The predicted octanol–water partition coefficient (Wildman–Crippen LogP) is -1.86. The quantitative estimate of drug-likeness (QED) is 0.0418.